The van der Waals surface area contributed by atoms with Gasteiger partial charge in [-0.2, -0.15) is 0 Å². The molecule has 3 rings (SSSR count). The smallest absolute Gasteiger partial charge is 0.191 e. The van der Waals surface area contributed by atoms with E-state index in [2.05, 4.69) is 47.3 Å². The lowest BCUT2D eigenvalue weighted by Crippen LogP contribution is -2.35. The van der Waals surface area contributed by atoms with E-state index in [9.17, 15) is 0 Å². The van der Waals surface area contributed by atoms with Crippen molar-refractivity contribution in [2.24, 2.45) is 16.6 Å². The van der Waals surface area contributed by atoms with Gasteiger partial charge >= 0.3 is 0 Å². The molecular formula is C15H22IN3. The van der Waals surface area contributed by atoms with Crippen molar-refractivity contribution in [2.45, 2.75) is 31.2 Å². The van der Waals surface area contributed by atoms with Gasteiger partial charge in [0.15, 0.2) is 5.96 Å². The fourth-order valence-electron chi connectivity index (χ4n) is 2.53. The second-order valence-electron chi connectivity index (χ2n) is 5.55. The molecule has 0 bridgehead atoms. The number of aliphatic imine (C=N–C) groups is 1. The second-order valence-corrected chi connectivity index (χ2v) is 5.55. The molecule has 3 nitrogen and oxygen atoms in total. The van der Waals surface area contributed by atoms with E-state index in [1.54, 1.807) is 0 Å². The van der Waals surface area contributed by atoms with Crippen LogP contribution in [0.1, 0.15) is 30.7 Å². The Hall–Kier alpha value is -0.780. The van der Waals surface area contributed by atoms with Gasteiger partial charge in [-0.1, -0.05) is 30.3 Å². The van der Waals surface area contributed by atoms with Gasteiger partial charge in [0, 0.05) is 19.6 Å². The predicted molar refractivity (Wildman–Crippen MR) is 90.0 cm³/mol. The maximum Gasteiger partial charge on any atom is 0.191 e. The molecule has 2 aliphatic rings. The average molecular weight is 371 g/mol. The minimum absolute atomic E-state index is 0. The van der Waals surface area contributed by atoms with Crippen molar-refractivity contribution >= 4 is 29.9 Å². The molecule has 0 saturated heterocycles. The Morgan fingerprint density at radius 2 is 2.00 bits per heavy atom. The number of rotatable bonds is 4. The van der Waals surface area contributed by atoms with Gasteiger partial charge in [0.05, 0.1) is 0 Å². The largest absolute Gasteiger partial charge is 0.370 e. The Morgan fingerprint density at radius 3 is 2.63 bits per heavy atom. The van der Waals surface area contributed by atoms with Crippen LogP contribution >= 0.6 is 24.0 Å². The Labute approximate surface area is 132 Å². The highest BCUT2D eigenvalue weighted by molar-refractivity contribution is 14.0. The van der Waals surface area contributed by atoms with Crippen LogP contribution in [0, 0.1) is 5.92 Å². The highest BCUT2D eigenvalue weighted by Gasteiger charge is 2.38. The normalized spacial score (nSPS) is 25.6. The second kappa shape index (κ2) is 6.11. The van der Waals surface area contributed by atoms with Gasteiger partial charge in [0.25, 0.3) is 0 Å². The monoisotopic (exact) mass is 371 g/mol. The highest BCUT2D eigenvalue weighted by Crippen LogP contribution is 2.47. The van der Waals surface area contributed by atoms with Crippen LogP contribution in [-0.2, 0) is 0 Å². The summed E-state index contributed by atoms with van der Waals surface area (Å²) in [6.45, 7) is 0.877. The third kappa shape index (κ3) is 3.61. The third-order valence-corrected chi connectivity index (χ3v) is 4.09. The van der Waals surface area contributed by atoms with E-state index in [4.69, 9.17) is 5.73 Å². The molecule has 2 aliphatic carbocycles. The van der Waals surface area contributed by atoms with Crippen LogP contribution in [0.4, 0.5) is 0 Å². The predicted octanol–water partition coefficient (Wildman–Crippen LogP) is 2.82. The minimum atomic E-state index is 0. The molecule has 2 atom stereocenters. The Morgan fingerprint density at radius 1 is 1.32 bits per heavy atom. The quantitative estimate of drug-likeness (QED) is 0.503. The third-order valence-electron chi connectivity index (χ3n) is 4.09. The maximum absolute atomic E-state index is 5.99. The Kier molecular flexibility index (Phi) is 4.71. The van der Waals surface area contributed by atoms with Crippen LogP contribution in [-0.4, -0.2) is 30.5 Å². The standard InChI is InChI=1S/C15H21N3.HI/c1-18(13-7-8-13)15(16)17-10-12-9-14(12)11-5-3-2-4-6-11;/h2-6,12-14H,7-10H2,1H3,(H2,16,17);1H. The number of nitrogens with zero attached hydrogens (tertiary/aromatic N) is 2. The molecule has 0 aliphatic heterocycles. The summed E-state index contributed by atoms with van der Waals surface area (Å²) in [6.07, 6.45) is 3.79. The molecule has 2 saturated carbocycles. The first-order valence-corrected chi connectivity index (χ1v) is 6.83. The molecule has 1 aromatic rings. The molecule has 0 radical (unpaired) electrons. The average Bonchev–Trinajstić information content (AvgIpc) is 3.29. The SMILES string of the molecule is CN(C(N)=NCC1CC1c1ccccc1)C1CC1.I. The van der Waals surface area contributed by atoms with Gasteiger partial charge in [-0.25, -0.2) is 0 Å². The van der Waals surface area contributed by atoms with Crippen molar-refractivity contribution < 1.29 is 0 Å². The zero-order chi connectivity index (χ0) is 12.5. The molecule has 104 valence electrons. The molecule has 0 spiro atoms. The summed E-state index contributed by atoms with van der Waals surface area (Å²) in [6, 6.07) is 11.4. The van der Waals surface area contributed by atoms with Crippen LogP contribution in [0.25, 0.3) is 0 Å². The van der Waals surface area contributed by atoms with Gasteiger partial charge in [0.2, 0.25) is 0 Å². The number of benzene rings is 1. The summed E-state index contributed by atoms with van der Waals surface area (Å²) >= 11 is 0. The molecule has 0 aromatic heterocycles. The van der Waals surface area contributed by atoms with E-state index in [0.29, 0.717) is 17.9 Å². The van der Waals surface area contributed by atoms with Crippen LogP contribution in [0.15, 0.2) is 35.3 Å². The first-order chi connectivity index (χ1) is 8.75. The fraction of sp³-hybridized carbons (Fsp3) is 0.533. The summed E-state index contributed by atoms with van der Waals surface area (Å²) in [7, 11) is 2.05. The lowest BCUT2D eigenvalue weighted by Gasteiger charge is -2.16. The van der Waals surface area contributed by atoms with E-state index in [1.807, 2.05) is 0 Å². The summed E-state index contributed by atoms with van der Waals surface area (Å²) in [5.41, 5.74) is 7.45. The Bertz CT molecular complexity index is 442. The topological polar surface area (TPSA) is 41.6 Å². The molecule has 2 unspecified atom stereocenters. The summed E-state index contributed by atoms with van der Waals surface area (Å²) < 4.78 is 0. The van der Waals surface area contributed by atoms with Gasteiger partial charge in [-0.3, -0.25) is 4.99 Å². The van der Waals surface area contributed by atoms with Gasteiger partial charge < -0.3 is 10.6 Å². The van der Waals surface area contributed by atoms with Crippen molar-refractivity contribution in [3.05, 3.63) is 35.9 Å². The zero-order valence-electron chi connectivity index (χ0n) is 11.3. The Balaban J connectivity index is 0.00000133. The zero-order valence-corrected chi connectivity index (χ0v) is 13.7. The molecular weight excluding hydrogens is 349 g/mol. The van der Waals surface area contributed by atoms with Crippen LogP contribution in [0.5, 0.6) is 0 Å². The van der Waals surface area contributed by atoms with E-state index >= 15 is 0 Å². The van der Waals surface area contributed by atoms with Crippen LogP contribution < -0.4 is 5.73 Å². The van der Waals surface area contributed by atoms with E-state index in [0.717, 1.165) is 12.5 Å². The van der Waals surface area contributed by atoms with Crippen molar-refractivity contribution in [2.75, 3.05) is 13.6 Å². The number of guanidine groups is 1. The lowest BCUT2D eigenvalue weighted by atomic mass is 10.1. The van der Waals surface area contributed by atoms with E-state index < -0.39 is 0 Å². The van der Waals surface area contributed by atoms with E-state index in [1.165, 1.54) is 24.8 Å². The first kappa shape index (κ1) is 14.6. The molecule has 0 amide bonds. The lowest BCUT2D eigenvalue weighted by molar-refractivity contribution is 0.486. The number of hydrogen-bond acceptors (Lipinski definition) is 1. The van der Waals surface area contributed by atoms with E-state index in [-0.39, 0.29) is 24.0 Å². The molecule has 0 heterocycles. The van der Waals surface area contributed by atoms with Gasteiger partial charge in [-0.05, 0) is 36.7 Å². The molecule has 2 N–H and O–H groups in total. The van der Waals surface area contributed by atoms with Gasteiger partial charge in [0.1, 0.15) is 0 Å². The summed E-state index contributed by atoms with van der Waals surface area (Å²) in [5.74, 6) is 2.11. The minimum Gasteiger partial charge on any atom is -0.370 e. The van der Waals surface area contributed by atoms with Crippen LogP contribution in [0.2, 0.25) is 0 Å². The van der Waals surface area contributed by atoms with Crippen molar-refractivity contribution in [1.29, 1.82) is 0 Å². The highest BCUT2D eigenvalue weighted by atomic mass is 127. The molecule has 1 aromatic carbocycles. The maximum atomic E-state index is 5.99. The number of nitrogens with two attached hydrogens (primary N) is 1. The van der Waals surface area contributed by atoms with Crippen molar-refractivity contribution in [1.82, 2.24) is 4.90 Å². The fourth-order valence-corrected chi connectivity index (χ4v) is 2.53. The van der Waals surface area contributed by atoms with Crippen molar-refractivity contribution in [3.8, 4) is 0 Å². The first-order valence-electron chi connectivity index (χ1n) is 6.83. The molecule has 4 heteroatoms. The number of hydrogen-bond donors (Lipinski definition) is 1. The number of halogens is 1. The van der Waals surface area contributed by atoms with Crippen molar-refractivity contribution in [3.63, 3.8) is 0 Å². The molecule has 19 heavy (non-hydrogen) atoms. The van der Waals surface area contributed by atoms with Gasteiger partial charge in [-0.15, -0.1) is 24.0 Å². The summed E-state index contributed by atoms with van der Waals surface area (Å²) in [4.78, 5) is 6.67. The summed E-state index contributed by atoms with van der Waals surface area (Å²) in [5, 5.41) is 0. The van der Waals surface area contributed by atoms with Crippen LogP contribution in [0.3, 0.4) is 0 Å². The molecule has 2 fully saturated rings.